The number of nitrogen functional groups attached to an aromatic ring is 1. The van der Waals surface area contributed by atoms with Gasteiger partial charge in [0, 0.05) is 5.38 Å². The number of amides is 2. The second-order valence-electron chi connectivity index (χ2n) is 6.53. The van der Waals surface area contributed by atoms with Crippen LogP contribution >= 0.6 is 11.3 Å². The first-order valence-electron chi connectivity index (χ1n) is 8.48. The van der Waals surface area contributed by atoms with Gasteiger partial charge in [-0.15, -0.1) is 15.6 Å². The summed E-state index contributed by atoms with van der Waals surface area (Å²) in [6.07, 6.45) is 1.92. The van der Waals surface area contributed by atoms with Crippen molar-refractivity contribution in [1.29, 1.82) is 0 Å². The average molecular weight is 463 g/mol. The highest BCUT2D eigenvalue weighted by Crippen LogP contribution is 2.46. The predicted octanol–water partition coefficient (Wildman–Crippen LogP) is -1.10. The van der Waals surface area contributed by atoms with E-state index in [1.165, 1.54) is 5.38 Å². The van der Waals surface area contributed by atoms with Crippen molar-refractivity contribution < 1.29 is 41.6 Å². The van der Waals surface area contributed by atoms with Crippen molar-refractivity contribution in [2.45, 2.75) is 37.3 Å². The number of rotatable bonds is 8. The maximum atomic E-state index is 12.8. The standard InChI is InChI=1S/C14H17N5O9S2/c15-13-16-7(6-29-13)9(18-27-5-8(20)21)11(22)17-10-12(23)19(28-30(24,25)26)14(10)3-1-2-4-14/h6,10H,1-5H2,(H2,15,16)(H,17,22)(H,20,21)(H,24,25,26). The number of hydrogen-bond acceptors (Lipinski definition) is 11. The van der Waals surface area contributed by atoms with E-state index in [4.69, 9.17) is 15.4 Å². The molecule has 3 rings (SSSR count). The number of hydroxylamine groups is 2. The molecule has 0 aromatic carbocycles. The molecule has 0 radical (unpaired) electrons. The molecule has 1 aliphatic heterocycles. The third-order valence-electron chi connectivity index (χ3n) is 4.63. The van der Waals surface area contributed by atoms with Gasteiger partial charge in [-0.05, 0) is 12.8 Å². The first-order chi connectivity index (χ1) is 14.0. The molecule has 1 unspecified atom stereocenters. The molecule has 1 atom stereocenters. The Balaban J connectivity index is 1.82. The van der Waals surface area contributed by atoms with Gasteiger partial charge in [-0.2, -0.15) is 13.5 Å². The molecule has 2 amide bonds. The molecule has 2 fully saturated rings. The van der Waals surface area contributed by atoms with Gasteiger partial charge in [0.15, 0.2) is 10.8 Å². The van der Waals surface area contributed by atoms with Crippen LogP contribution in [-0.2, 0) is 33.9 Å². The highest BCUT2D eigenvalue weighted by Gasteiger charge is 2.64. The quantitative estimate of drug-likeness (QED) is 0.157. The Hall–Kier alpha value is -2.82. The molecule has 5 N–H and O–H groups in total. The number of nitrogens with one attached hydrogen (secondary N) is 1. The third-order valence-corrected chi connectivity index (χ3v) is 5.64. The fourth-order valence-electron chi connectivity index (χ4n) is 3.45. The van der Waals surface area contributed by atoms with Crippen LogP contribution in [0.1, 0.15) is 31.4 Å². The lowest BCUT2D eigenvalue weighted by Crippen LogP contribution is -2.78. The Morgan fingerprint density at radius 3 is 2.63 bits per heavy atom. The second kappa shape index (κ2) is 8.13. The summed E-state index contributed by atoms with van der Waals surface area (Å²) in [7, 11) is -4.94. The largest absolute Gasteiger partial charge is 0.479 e. The number of carboxylic acids is 1. The number of β-lactam (4-membered cyclic amide) rings is 1. The van der Waals surface area contributed by atoms with Crippen LogP contribution in [0.15, 0.2) is 10.5 Å². The summed E-state index contributed by atoms with van der Waals surface area (Å²) >= 11 is 0.999. The van der Waals surface area contributed by atoms with E-state index in [2.05, 4.69) is 24.6 Å². The summed E-state index contributed by atoms with van der Waals surface area (Å²) in [5.41, 5.74) is 3.98. The number of carbonyl (C=O) groups excluding carboxylic acids is 2. The van der Waals surface area contributed by atoms with Gasteiger partial charge in [-0.3, -0.25) is 14.1 Å². The molecule has 2 heterocycles. The highest BCUT2D eigenvalue weighted by molar-refractivity contribution is 7.80. The van der Waals surface area contributed by atoms with Crippen molar-refractivity contribution >= 4 is 50.4 Å². The molecule has 16 heteroatoms. The fourth-order valence-corrected chi connectivity index (χ4v) is 4.41. The van der Waals surface area contributed by atoms with Gasteiger partial charge >= 0.3 is 16.4 Å². The minimum atomic E-state index is -4.94. The molecule has 1 aromatic rings. The molecular formula is C14H17N5O9S2. The Morgan fingerprint density at radius 1 is 1.43 bits per heavy atom. The summed E-state index contributed by atoms with van der Waals surface area (Å²) in [6.45, 7) is -0.821. The van der Waals surface area contributed by atoms with Crippen molar-refractivity contribution in [3.63, 3.8) is 0 Å². The molecular weight excluding hydrogens is 446 g/mol. The summed E-state index contributed by atoms with van der Waals surface area (Å²) in [5, 5.41) is 16.7. The van der Waals surface area contributed by atoms with Crippen molar-refractivity contribution in [2.75, 3.05) is 12.3 Å². The molecule has 14 nitrogen and oxygen atoms in total. The first-order valence-corrected chi connectivity index (χ1v) is 10.7. The first kappa shape index (κ1) is 21.9. The maximum absolute atomic E-state index is 12.8. The van der Waals surface area contributed by atoms with Crippen molar-refractivity contribution in [3.05, 3.63) is 11.1 Å². The number of thiazole rings is 1. The van der Waals surface area contributed by atoms with Crippen molar-refractivity contribution in [2.24, 2.45) is 5.16 Å². The molecule has 1 spiro atoms. The SMILES string of the molecule is Nc1nc(C(=NOCC(=O)O)C(=O)NC2C(=O)N(OS(=O)(=O)O)C23CCCC3)cs1. The van der Waals surface area contributed by atoms with Crippen molar-refractivity contribution in [3.8, 4) is 0 Å². The monoisotopic (exact) mass is 463 g/mol. The normalized spacial score (nSPS) is 20.8. The van der Waals surface area contributed by atoms with Crippen LogP contribution in [0.5, 0.6) is 0 Å². The van der Waals surface area contributed by atoms with Crippen molar-refractivity contribution in [1.82, 2.24) is 15.4 Å². The Labute approximate surface area is 173 Å². The summed E-state index contributed by atoms with van der Waals surface area (Å²) in [4.78, 5) is 44.4. The molecule has 30 heavy (non-hydrogen) atoms. The summed E-state index contributed by atoms with van der Waals surface area (Å²) < 4.78 is 35.5. The number of aromatic nitrogens is 1. The zero-order valence-electron chi connectivity index (χ0n) is 15.2. The van der Waals surface area contributed by atoms with E-state index in [-0.39, 0.29) is 10.8 Å². The van der Waals surface area contributed by atoms with Gasteiger partial charge in [-0.1, -0.05) is 18.0 Å². The molecule has 164 valence electrons. The molecule has 2 aliphatic rings. The third kappa shape index (κ3) is 4.35. The smallest absolute Gasteiger partial charge is 0.418 e. The zero-order chi connectivity index (χ0) is 22.1. The fraction of sp³-hybridized carbons (Fsp3) is 0.500. The van der Waals surface area contributed by atoms with E-state index in [1.54, 1.807) is 0 Å². The number of oxime groups is 1. The molecule has 1 aliphatic carbocycles. The number of hydrogen-bond donors (Lipinski definition) is 4. The minimum absolute atomic E-state index is 0.00123. The van der Waals surface area contributed by atoms with Gasteiger partial charge in [0.25, 0.3) is 11.8 Å². The Morgan fingerprint density at radius 2 is 2.10 bits per heavy atom. The predicted molar refractivity (Wildman–Crippen MR) is 99.3 cm³/mol. The van der Waals surface area contributed by atoms with Gasteiger partial charge in [0.2, 0.25) is 6.61 Å². The lowest BCUT2D eigenvalue weighted by Gasteiger charge is -2.52. The van der Waals surface area contributed by atoms with E-state index < -0.39 is 52.1 Å². The van der Waals surface area contributed by atoms with Crippen LogP contribution in [0.3, 0.4) is 0 Å². The van der Waals surface area contributed by atoms with E-state index in [1.807, 2.05) is 0 Å². The molecule has 1 saturated carbocycles. The van der Waals surface area contributed by atoms with E-state index in [9.17, 15) is 22.8 Å². The van der Waals surface area contributed by atoms with Gasteiger partial charge < -0.3 is 21.0 Å². The van der Waals surface area contributed by atoms with Crippen LogP contribution in [0.2, 0.25) is 0 Å². The summed E-state index contributed by atoms with van der Waals surface area (Å²) in [5.74, 6) is -3.12. The van der Waals surface area contributed by atoms with E-state index in [0.717, 1.165) is 11.3 Å². The second-order valence-corrected chi connectivity index (χ2v) is 8.42. The lowest BCUT2D eigenvalue weighted by molar-refractivity contribution is -0.225. The topological polar surface area (TPSA) is 211 Å². The van der Waals surface area contributed by atoms with Gasteiger partial charge in [0.1, 0.15) is 17.3 Å². The molecule has 0 bridgehead atoms. The zero-order valence-corrected chi connectivity index (χ0v) is 16.8. The number of nitrogens with zero attached hydrogens (tertiary/aromatic N) is 3. The van der Waals surface area contributed by atoms with E-state index in [0.29, 0.717) is 30.7 Å². The average Bonchev–Trinajstić information content (AvgIpc) is 3.31. The Kier molecular flexibility index (Phi) is 5.93. The van der Waals surface area contributed by atoms with Crippen LogP contribution in [0.4, 0.5) is 5.13 Å². The van der Waals surface area contributed by atoms with Crippen LogP contribution in [0, 0.1) is 0 Å². The van der Waals surface area contributed by atoms with Crippen LogP contribution < -0.4 is 11.1 Å². The Bertz CT molecular complexity index is 999. The number of carboxylic acid groups (broad SMARTS) is 1. The number of carbonyl (C=O) groups is 3. The molecule has 1 aromatic heterocycles. The lowest BCUT2D eigenvalue weighted by atomic mass is 9.79. The van der Waals surface area contributed by atoms with Gasteiger partial charge in [-0.25, -0.2) is 9.78 Å². The van der Waals surface area contributed by atoms with E-state index >= 15 is 0 Å². The van der Waals surface area contributed by atoms with Crippen LogP contribution in [0.25, 0.3) is 0 Å². The highest BCUT2D eigenvalue weighted by atomic mass is 32.3. The molecule has 1 saturated heterocycles. The number of aliphatic carboxylic acids is 1. The minimum Gasteiger partial charge on any atom is -0.479 e. The summed E-state index contributed by atoms with van der Waals surface area (Å²) in [6, 6.07) is -1.16. The number of anilines is 1. The maximum Gasteiger partial charge on any atom is 0.418 e. The van der Waals surface area contributed by atoms with Crippen LogP contribution in [-0.4, -0.2) is 69.8 Å². The van der Waals surface area contributed by atoms with Gasteiger partial charge in [0.05, 0.1) is 0 Å². The number of nitrogens with two attached hydrogens (primary N) is 1.